The predicted molar refractivity (Wildman–Crippen MR) is 171 cm³/mol. The van der Waals surface area contributed by atoms with Gasteiger partial charge in [0.2, 0.25) is 0 Å². The maximum absolute atomic E-state index is 15.1. The van der Waals surface area contributed by atoms with Crippen molar-refractivity contribution in [1.29, 1.82) is 0 Å². The van der Waals surface area contributed by atoms with E-state index in [0.717, 1.165) is 11.3 Å². The minimum absolute atomic E-state index is 0.0456. The summed E-state index contributed by atoms with van der Waals surface area (Å²) in [5.41, 5.74) is 3.05. The Balaban J connectivity index is 1.84. The number of aryl methyl sites for hydroxylation is 1. The van der Waals surface area contributed by atoms with Gasteiger partial charge in [0, 0.05) is 37.3 Å². The number of hydrogen-bond acceptors (Lipinski definition) is 7. The zero-order valence-electron chi connectivity index (χ0n) is 26.0. The van der Waals surface area contributed by atoms with Crippen molar-refractivity contribution in [1.82, 2.24) is 29.3 Å². The lowest BCUT2D eigenvalue weighted by molar-refractivity contribution is 0.114. The number of aromatic nitrogens is 4. The summed E-state index contributed by atoms with van der Waals surface area (Å²) in [6.45, 7) is 10.8. The lowest BCUT2D eigenvalue weighted by Gasteiger charge is -2.43. The maximum atomic E-state index is 15.1. The SMILES string of the molecule is Cc1cc(CN(C)C)nc(C(C)C)c1-n1c(=O)nc(N2C[C@@H](C)N(C(=O)O)C[C@@H]2C)c2cc(Cl)c(-c3ccccc3F)nc21. The van der Waals surface area contributed by atoms with Gasteiger partial charge in [0.25, 0.3) is 0 Å². The van der Waals surface area contributed by atoms with Gasteiger partial charge in [0.15, 0.2) is 5.65 Å². The quantitative estimate of drug-likeness (QED) is 0.292. The van der Waals surface area contributed by atoms with Crippen LogP contribution in [0.25, 0.3) is 28.0 Å². The van der Waals surface area contributed by atoms with E-state index in [1.54, 1.807) is 24.3 Å². The third-order valence-corrected chi connectivity index (χ3v) is 8.23. The number of anilines is 1. The van der Waals surface area contributed by atoms with E-state index in [1.165, 1.54) is 15.5 Å². The molecule has 2 atom stereocenters. The third kappa shape index (κ3) is 5.73. The van der Waals surface area contributed by atoms with Crippen molar-refractivity contribution in [2.75, 3.05) is 32.1 Å². The molecule has 5 rings (SSSR count). The van der Waals surface area contributed by atoms with Crippen LogP contribution in [0.5, 0.6) is 0 Å². The van der Waals surface area contributed by atoms with Crippen molar-refractivity contribution in [2.45, 2.75) is 59.2 Å². The molecule has 1 saturated heterocycles. The van der Waals surface area contributed by atoms with E-state index >= 15 is 4.39 Å². The summed E-state index contributed by atoms with van der Waals surface area (Å²) in [4.78, 5) is 45.8. The molecular weight excluding hydrogens is 585 g/mol. The molecular formula is C32H37ClFN7O3. The first kappa shape index (κ1) is 31.3. The van der Waals surface area contributed by atoms with Crippen LogP contribution in [0.1, 0.15) is 50.6 Å². The standard InChI is InChI=1S/C32H37ClFN7O3/c1-17(2)26-28(18(3)12-21(35-26)16-38(6)7)41-30-23(13-24(33)27(36-30)22-10-8-9-11-25(22)34)29(37-31(41)42)39-14-20(5)40(32(43)44)15-19(39)4/h8-13,17,19-20H,14-16H2,1-7H3,(H,43,44)/t19-,20+/m0/s1. The van der Waals surface area contributed by atoms with Gasteiger partial charge in [-0.05, 0) is 70.6 Å². The van der Waals surface area contributed by atoms with Gasteiger partial charge < -0.3 is 19.8 Å². The van der Waals surface area contributed by atoms with Gasteiger partial charge in [-0.15, -0.1) is 0 Å². The molecule has 0 spiro atoms. The van der Waals surface area contributed by atoms with Crippen LogP contribution in [0.15, 0.2) is 41.2 Å². The first-order chi connectivity index (χ1) is 20.8. The van der Waals surface area contributed by atoms with Crippen LogP contribution >= 0.6 is 11.6 Å². The largest absolute Gasteiger partial charge is 0.465 e. The molecule has 0 saturated carbocycles. The van der Waals surface area contributed by atoms with E-state index in [4.69, 9.17) is 21.6 Å². The summed E-state index contributed by atoms with van der Waals surface area (Å²) < 4.78 is 16.5. The molecule has 0 bridgehead atoms. The van der Waals surface area contributed by atoms with Crippen molar-refractivity contribution in [2.24, 2.45) is 0 Å². The molecule has 1 amide bonds. The van der Waals surface area contributed by atoms with Gasteiger partial charge in [0.1, 0.15) is 11.6 Å². The van der Waals surface area contributed by atoms with E-state index in [2.05, 4.69) is 4.98 Å². The van der Waals surface area contributed by atoms with Crippen molar-refractivity contribution >= 4 is 34.5 Å². The van der Waals surface area contributed by atoms with E-state index < -0.39 is 17.6 Å². The number of carbonyl (C=O) groups is 1. The molecule has 0 radical (unpaired) electrons. The lowest BCUT2D eigenvalue weighted by atomic mass is 10.0. The molecule has 3 aromatic heterocycles. The number of pyridine rings is 2. The summed E-state index contributed by atoms with van der Waals surface area (Å²) in [5, 5.41) is 10.4. The van der Waals surface area contributed by atoms with E-state index in [1.807, 2.05) is 64.6 Å². The lowest BCUT2D eigenvalue weighted by Crippen LogP contribution is -2.58. The zero-order chi connectivity index (χ0) is 32.0. The van der Waals surface area contributed by atoms with Crippen molar-refractivity contribution in [3.63, 3.8) is 0 Å². The third-order valence-electron chi connectivity index (χ3n) is 7.95. The second-order valence-electron chi connectivity index (χ2n) is 12.1. The molecule has 1 aliphatic heterocycles. The maximum Gasteiger partial charge on any atom is 0.407 e. The highest BCUT2D eigenvalue weighted by Crippen LogP contribution is 2.36. The van der Waals surface area contributed by atoms with Crippen LogP contribution in [0, 0.1) is 12.7 Å². The molecule has 1 N–H and O–H groups in total. The van der Waals surface area contributed by atoms with Gasteiger partial charge >= 0.3 is 11.8 Å². The fourth-order valence-electron chi connectivity index (χ4n) is 5.92. The minimum atomic E-state index is -1.00. The number of fused-ring (bicyclic) bond motifs is 1. The Kier molecular flexibility index (Phi) is 8.64. The Morgan fingerprint density at radius 2 is 1.82 bits per heavy atom. The predicted octanol–water partition coefficient (Wildman–Crippen LogP) is 5.71. The number of benzene rings is 1. The fraction of sp³-hybridized carbons (Fsp3) is 0.406. The van der Waals surface area contributed by atoms with Crippen LogP contribution in [-0.4, -0.2) is 79.8 Å². The van der Waals surface area contributed by atoms with Gasteiger partial charge in [-0.25, -0.2) is 23.5 Å². The average molecular weight is 622 g/mol. The highest BCUT2D eigenvalue weighted by molar-refractivity contribution is 6.33. The molecule has 44 heavy (non-hydrogen) atoms. The van der Waals surface area contributed by atoms with Gasteiger partial charge in [-0.1, -0.05) is 37.6 Å². The normalized spacial score (nSPS) is 17.2. The number of carboxylic acid groups (broad SMARTS) is 1. The molecule has 1 aliphatic rings. The van der Waals surface area contributed by atoms with Gasteiger partial charge in [-0.3, -0.25) is 4.98 Å². The Bertz CT molecular complexity index is 1810. The number of hydrogen-bond donors (Lipinski definition) is 1. The summed E-state index contributed by atoms with van der Waals surface area (Å²) in [6, 6.07) is 9.19. The molecule has 4 aromatic rings. The number of piperazine rings is 1. The second kappa shape index (κ2) is 12.1. The van der Waals surface area contributed by atoms with E-state index in [9.17, 15) is 14.7 Å². The number of rotatable bonds is 6. The van der Waals surface area contributed by atoms with Crippen LogP contribution < -0.4 is 10.6 Å². The Morgan fingerprint density at radius 1 is 1.11 bits per heavy atom. The van der Waals surface area contributed by atoms with Crippen LogP contribution in [-0.2, 0) is 6.54 Å². The molecule has 0 aliphatic carbocycles. The van der Waals surface area contributed by atoms with Crippen molar-refractivity contribution < 1.29 is 14.3 Å². The summed E-state index contributed by atoms with van der Waals surface area (Å²) in [6.07, 6.45) is -1.00. The average Bonchev–Trinajstić information content (AvgIpc) is 2.94. The second-order valence-corrected chi connectivity index (χ2v) is 12.5. The molecule has 232 valence electrons. The van der Waals surface area contributed by atoms with E-state index in [-0.39, 0.29) is 46.5 Å². The number of nitrogens with zero attached hydrogens (tertiary/aromatic N) is 7. The molecule has 12 heteroatoms. The van der Waals surface area contributed by atoms with Gasteiger partial charge in [0.05, 0.1) is 33.2 Å². The highest BCUT2D eigenvalue weighted by atomic mass is 35.5. The Labute approximate surface area is 260 Å². The minimum Gasteiger partial charge on any atom is -0.465 e. The van der Waals surface area contributed by atoms with Crippen molar-refractivity contribution in [3.05, 3.63) is 74.7 Å². The molecule has 1 aromatic carbocycles. The summed E-state index contributed by atoms with van der Waals surface area (Å²) >= 11 is 6.80. The van der Waals surface area contributed by atoms with Crippen LogP contribution in [0.3, 0.4) is 0 Å². The van der Waals surface area contributed by atoms with Gasteiger partial charge in [-0.2, -0.15) is 4.98 Å². The van der Waals surface area contributed by atoms with Crippen LogP contribution in [0.4, 0.5) is 15.0 Å². The molecule has 10 nitrogen and oxygen atoms in total. The van der Waals surface area contributed by atoms with E-state index in [0.29, 0.717) is 35.7 Å². The Morgan fingerprint density at radius 3 is 2.45 bits per heavy atom. The molecule has 1 fully saturated rings. The zero-order valence-corrected chi connectivity index (χ0v) is 26.7. The Hall–Kier alpha value is -4.09. The molecule has 0 unspecified atom stereocenters. The number of halogens is 2. The van der Waals surface area contributed by atoms with Crippen LogP contribution in [0.2, 0.25) is 5.02 Å². The summed E-state index contributed by atoms with van der Waals surface area (Å²) in [7, 11) is 3.94. The monoisotopic (exact) mass is 621 g/mol. The fourth-order valence-corrected chi connectivity index (χ4v) is 6.17. The summed E-state index contributed by atoms with van der Waals surface area (Å²) in [5.74, 6) is -0.192. The first-order valence-corrected chi connectivity index (χ1v) is 15.0. The topological polar surface area (TPSA) is 108 Å². The number of amides is 1. The molecule has 4 heterocycles. The highest BCUT2D eigenvalue weighted by Gasteiger charge is 2.35. The first-order valence-electron chi connectivity index (χ1n) is 14.6. The van der Waals surface area contributed by atoms with Crippen molar-refractivity contribution in [3.8, 4) is 16.9 Å². The smallest absolute Gasteiger partial charge is 0.407 e.